The standard InChI is InChI=1S/C12H19N3/c1-2-15(12-9-14-10-12)8-5-11-3-6-13-7-4-11/h3-4,6-7,12,14H,2,5,8-10H2,1H3. The first-order valence-corrected chi connectivity index (χ1v) is 5.74. The summed E-state index contributed by atoms with van der Waals surface area (Å²) in [7, 11) is 0. The highest BCUT2D eigenvalue weighted by atomic mass is 15.2. The fourth-order valence-corrected chi connectivity index (χ4v) is 1.95. The fourth-order valence-electron chi connectivity index (χ4n) is 1.95. The van der Waals surface area contributed by atoms with E-state index >= 15 is 0 Å². The van der Waals surface area contributed by atoms with E-state index in [0.29, 0.717) is 0 Å². The number of pyridine rings is 1. The Morgan fingerprint density at radius 2 is 2.13 bits per heavy atom. The van der Waals surface area contributed by atoms with Crippen LogP contribution < -0.4 is 5.32 Å². The summed E-state index contributed by atoms with van der Waals surface area (Å²) in [5.41, 5.74) is 1.38. The molecule has 0 aliphatic carbocycles. The van der Waals surface area contributed by atoms with Gasteiger partial charge in [-0.2, -0.15) is 0 Å². The summed E-state index contributed by atoms with van der Waals surface area (Å²) in [6.45, 7) is 6.86. The molecule has 0 unspecified atom stereocenters. The van der Waals surface area contributed by atoms with Crippen LogP contribution in [0.2, 0.25) is 0 Å². The summed E-state index contributed by atoms with van der Waals surface area (Å²) < 4.78 is 0. The van der Waals surface area contributed by atoms with Gasteiger partial charge in [-0.1, -0.05) is 6.92 Å². The van der Waals surface area contributed by atoms with E-state index in [1.54, 1.807) is 0 Å². The van der Waals surface area contributed by atoms with Crippen molar-refractivity contribution in [1.82, 2.24) is 15.2 Å². The van der Waals surface area contributed by atoms with Gasteiger partial charge in [0.2, 0.25) is 0 Å². The molecule has 0 aromatic carbocycles. The molecule has 3 heteroatoms. The third-order valence-corrected chi connectivity index (χ3v) is 3.12. The topological polar surface area (TPSA) is 28.2 Å². The second-order valence-electron chi connectivity index (χ2n) is 4.05. The molecule has 1 aromatic rings. The van der Waals surface area contributed by atoms with Crippen molar-refractivity contribution in [2.24, 2.45) is 0 Å². The number of nitrogens with one attached hydrogen (secondary N) is 1. The van der Waals surface area contributed by atoms with Crippen LogP contribution in [-0.2, 0) is 6.42 Å². The zero-order valence-electron chi connectivity index (χ0n) is 9.32. The Balaban J connectivity index is 1.80. The molecule has 0 bridgehead atoms. The second-order valence-corrected chi connectivity index (χ2v) is 4.05. The lowest BCUT2D eigenvalue weighted by Gasteiger charge is -2.37. The highest BCUT2D eigenvalue weighted by molar-refractivity contribution is 5.10. The lowest BCUT2D eigenvalue weighted by atomic mass is 10.1. The Labute approximate surface area is 91.5 Å². The van der Waals surface area contributed by atoms with Gasteiger partial charge in [0.1, 0.15) is 0 Å². The van der Waals surface area contributed by atoms with Crippen molar-refractivity contribution in [1.29, 1.82) is 0 Å². The van der Waals surface area contributed by atoms with Crippen molar-refractivity contribution in [3.05, 3.63) is 30.1 Å². The number of rotatable bonds is 5. The van der Waals surface area contributed by atoms with Crippen LogP contribution in [0.5, 0.6) is 0 Å². The minimum Gasteiger partial charge on any atom is -0.314 e. The predicted molar refractivity (Wildman–Crippen MR) is 61.8 cm³/mol. The Bertz CT molecular complexity index is 282. The number of nitrogens with zero attached hydrogens (tertiary/aromatic N) is 2. The van der Waals surface area contributed by atoms with Crippen molar-refractivity contribution in [3.8, 4) is 0 Å². The molecule has 1 aliphatic rings. The molecule has 1 aliphatic heterocycles. The first kappa shape index (κ1) is 10.6. The van der Waals surface area contributed by atoms with Crippen molar-refractivity contribution < 1.29 is 0 Å². The van der Waals surface area contributed by atoms with E-state index in [-0.39, 0.29) is 0 Å². The summed E-state index contributed by atoms with van der Waals surface area (Å²) in [6, 6.07) is 4.97. The number of hydrogen-bond donors (Lipinski definition) is 1. The van der Waals surface area contributed by atoms with Crippen LogP contribution in [0.3, 0.4) is 0 Å². The largest absolute Gasteiger partial charge is 0.314 e. The van der Waals surface area contributed by atoms with Crippen LogP contribution in [0.4, 0.5) is 0 Å². The summed E-state index contributed by atoms with van der Waals surface area (Å²) in [4.78, 5) is 6.58. The van der Waals surface area contributed by atoms with Gasteiger partial charge in [0, 0.05) is 38.1 Å². The van der Waals surface area contributed by atoms with Crippen LogP contribution in [0.25, 0.3) is 0 Å². The highest BCUT2D eigenvalue weighted by Gasteiger charge is 2.22. The molecule has 82 valence electrons. The van der Waals surface area contributed by atoms with Gasteiger partial charge in [0.25, 0.3) is 0 Å². The molecule has 0 atom stereocenters. The van der Waals surface area contributed by atoms with Crippen molar-refractivity contribution in [3.63, 3.8) is 0 Å². The Morgan fingerprint density at radius 3 is 2.67 bits per heavy atom. The van der Waals surface area contributed by atoms with Gasteiger partial charge in [0.15, 0.2) is 0 Å². The van der Waals surface area contributed by atoms with E-state index in [4.69, 9.17) is 0 Å². The minimum absolute atomic E-state index is 0.761. The minimum atomic E-state index is 0.761. The van der Waals surface area contributed by atoms with E-state index in [1.165, 1.54) is 5.56 Å². The molecular formula is C12H19N3. The normalized spacial score (nSPS) is 16.7. The Morgan fingerprint density at radius 1 is 1.40 bits per heavy atom. The van der Waals surface area contributed by atoms with E-state index in [1.807, 2.05) is 12.4 Å². The maximum atomic E-state index is 4.03. The molecule has 0 spiro atoms. The third-order valence-electron chi connectivity index (χ3n) is 3.12. The van der Waals surface area contributed by atoms with E-state index in [9.17, 15) is 0 Å². The van der Waals surface area contributed by atoms with Gasteiger partial charge < -0.3 is 5.32 Å². The lowest BCUT2D eigenvalue weighted by Crippen LogP contribution is -2.57. The van der Waals surface area contributed by atoms with E-state index in [2.05, 4.69) is 34.3 Å². The monoisotopic (exact) mass is 205 g/mol. The van der Waals surface area contributed by atoms with Crippen LogP contribution in [0, 0.1) is 0 Å². The summed E-state index contributed by atoms with van der Waals surface area (Å²) in [5, 5.41) is 3.32. The maximum Gasteiger partial charge on any atom is 0.0345 e. The first-order chi connectivity index (χ1) is 7.40. The zero-order chi connectivity index (χ0) is 10.5. The van der Waals surface area contributed by atoms with E-state index < -0.39 is 0 Å². The number of hydrogen-bond acceptors (Lipinski definition) is 3. The highest BCUT2D eigenvalue weighted by Crippen LogP contribution is 2.06. The average molecular weight is 205 g/mol. The molecule has 0 radical (unpaired) electrons. The van der Waals surface area contributed by atoms with Crippen LogP contribution >= 0.6 is 0 Å². The Kier molecular flexibility index (Phi) is 3.69. The molecule has 1 N–H and O–H groups in total. The molecule has 0 amide bonds. The van der Waals surface area contributed by atoms with Gasteiger partial charge >= 0.3 is 0 Å². The van der Waals surface area contributed by atoms with Crippen molar-refractivity contribution >= 4 is 0 Å². The average Bonchev–Trinajstić information content (AvgIpc) is 2.23. The molecule has 15 heavy (non-hydrogen) atoms. The van der Waals surface area contributed by atoms with Crippen LogP contribution in [0.1, 0.15) is 12.5 Å². The van der Waals surface area contributed by atoms with Gasteiger partial charge in [-0.05, 0) is 30.7 Å². The number of aromatic nitrogens is 1. The lowest BCUT2D eigenvalue weighted by molar-refractivity contribution is 0.154. The molecule has 2 rings (SSSR count). The molecule has 1 fully saturated rings. The van der Waals surface area contributed by atoms with Gasteiger partial charge in [-0.25, -0.2) is 0 Å². The van der Waals surface area contributed by atoms with E-state index in [0.717, 1.165) is 38.6 Å². The molecule has 3 nitrogen and oxygen atoms in total. The molecule has 2 heterocycles. The fraction of sp³-hybridized carbons (Fsp3) is 0.583. The third kappa shape index (κ3) is 2.76. The molecule has 0 saturated carbocycles. The Hall–Kier alpha value is -0.930. The zero-order valence-corrected chi connectivity index (χ0v) is 9.32. The van der Waals surface area contributed by atoms with Crippen LogP contribution in [-0.4, -0.2) is 42.1 Å². The molecular weight excluding hydrogens is 186 g/mol. The summed E-state index contributed by atoms with van der Waals surface area (Å²) in [5.74, 6) is 0. The number of likely N-dealkylation sites (N-methyl/N-ethyl adjacent to an activating group) is 1. The quantitative estimate of drug-likeness (QED) is 0.774. The molecule has 1 aromatic heterocycles. The summed E-state index contributed by atoms with van der Waals surface area (Å²) in [6.07, 6.45) is 4.87. The smallest absolute Gasteiger partial charge is 0.0345 e. The first-order valence-electron chi connectivity index (χ1n) is 5.74. The van der Waals surface area contributed by atoms with Crippen molar-refractivity contribution in [2.75, 3.05) is 26.2 Å². The van der Waals surface area contributed by atoms with Gasteiger partial charge in [-0.3, -0.25) is 9.88 Å². The van der Waals surface area contributed by atoms with Gasteiger partial charge in [-0.15, -0.1) is 0 Å². The summed E-state index contributed by atoms with van der Waals surface area (Å²) >= 11 is 0. The SMILES string of the molecule is CCN(CCc1ccncc1)C1CNC1. The predicted octanol–water partition coefficient (Wildman–Crippen LogP) is 0.918. The maximum absolute atomic E-state index is 4.03. The molecule has 1 saturated heterocycles. The van der Waals surface area contributed by atoms with Crippen molar-refractivity contribution in [2.45, 2.75) is 19.4 Å². The second kappa shape index (κ2) is 5.24. The van der Waals surface area contributed by atoms with Crippen LogP contribution in [0.15, 0.2) is 24.5 Å². The van der Waals surface area contributed by atoms with Gasteiger partial charge in [0.05, 0.1) is 0 Å².